The molecule has 1 aliphatic carbocycles. The number of hydrogen-bond acceptors (Lipinski definition) is 1. The van der Waals surface area contributed by atoms with Crippen molar-refractivity contribution in [2.45, 2.75) is 18.9 Å². The van der Waals surface area contributed by atoms with E-state index in [4.69, 9.17) is 11.6 Å². The number of halogens is 1. The molecule has 1 aromatic carbocycles. The van der Waals surface area contributed by atoms with E-state index < -0.39 is 0 Å². The molecule has 0 spiro atoms. The van der Waals surface area contributed by atoms with Gasteiger partial charge in [-0.25, -0.2) is 0 Å². The van der Waals surface area contributed by atoms with Crippen molar-refractivity contribution < 1.29 is 5.11 Å². The van der Waals surface area contributed by atoms with Crippen LogP contribution in [0.3, 0.4) is 0 Å². The fraction of sp³-hybridized carbons (Fsp3) is 0.333. The Hall–Kier alpha value is -0.530. The van der Waals surface area contributed by atoms with Crippen LogP contribution in [0.2, 0.25) is 5.02 Å². The van der Waals surface area contributed by atoms with Gasteiger partial charge in [-0.1, -0.05) is 17.7 Å². The highest BCUT2D eigenvalue weighted by atomic mass is 35.5. The molecule has 0 aromatic heterocycles. The van der Waals surface area contributed by atoms with Gasteiger partial charge in [0.15, 0.2) is 0 Å². The van der Waals surface area contributed by atoms with Crippen molar-refractivity contribution >= 4 is 11.6 Å². The molecule has 0 amide bonds. The molecule has 1 nitrogen and oxygen atoms in total. The maximum absolute atomic E-state index is 9.30. The molecular formula is C9H9ClO. The van der Waals surface area contributed by atoms with E-state index in [-0.39, 0.29) is 6.10 Å². The normalized spacial score (nSPS) is 21.8. The Bertz CT molecular complexity index is 283. The third kappa shape index (κ3) is 1.26. The molecule has 1 N–H and O–H groups in total. The highest BCUT2D eigenvalue weighted by molar-refractivity contribution is 6.30. The lowest BCUT2D eigenvalue weighted by atomic mass is 10.1. The van der Waals surface area contributed by atoms with Crippen LogP contribution in [0.5, 0.6) is 0 Å². The van der Waals surface area contributed by atoms with E-state index in [1.165, 1.54) is 11.1 Å². The molecule has 0 bridgehead atoms. The number of aliphatic hydroxyl groups excluding tert-OH is 1. The molecule has 1 atom stereocenters. The monoisotopic (exact) mass is 168 g/mol. The summed E-state index contributed by atoms with van der Waals surface area (Å²) in [5, 5.41) is 10.1. The summed E-state index contributed by atoms with van der Waals surface area (Å²) in [4.78, 5) is 0. The zero-order chi connectivity index (χ0) is 7.84. The minimum absolute atomic E-state index is 0.191. The van der Waals surface area contributed by atoms with Gasteiger partial charge in [0.1, 0.15) is 0 Å². The molecular weight excluding hydrogens is 160 g/mol. The first-order chi connectivity index (χ1) is 5.25. The minimum Gasteiger partial charge on any atom is -0.392 e. The summed E-state index contributed by atoms with van der Waals surface area (Å²) in [5.74, 6) is 0. The van der Waals surface area contributed by atoms with Crippen molar-refractivity contribution in [2.24, 2.45) is 0 Å². The van der Waals surface area contributed by atoms with Crippen molar-refractivity contribution in [1.82, 2.24) is 0 Å². The van der Waals surface area contributed by atoms with Gasteiger partial charge in [-0.05, 0) is 36.1 Å². The molecule has 1 aliphatic rings. The number of hydrogen-bond donors (Lipinski definition) is 1. The average Bonchev–Trinajstić information content (AvgIpc) is 2.27. The molecule has 2 rings (SSSR count). The Balaban J connectivity index is 2.43. The second-order valence-corrected chi connectivity index (χ2v) is 3.41. The van der Waals surface area contributed by atoms with Crippen LogP contribution in [0.15, 0.2) is 18.2 Å². The first kappa shape index (κ1) is 7.14. The summed E-state index contributed by atoms with van der Waals surface area (Å²) in [5.41, 5.74) is 2.44. The lowest BCUT2D eigenvalue weighted by Gasteiger charge is -1.96. The summed E-state index contributed by atoms with van der Waals surface area (Å²) in [6, 6.07) is 5.80. The largest absolute Gasteiger partial charge is 0.392 e. The fourth-order valence-corrected chi connectivity index (χ4v) is 1.76. The molecule has 0 saturated heterocycles. The molecule has 2 heteroatoms. The van der Waals surface area contributed by atoms with E-state index in [0.29, 0.717) is 0 Å². The second-order valence-electron chi connectivity index (χ2n) is 2.98. The summed E-state index contributed by atoms with van der Waals surface area (Å²) in [6.45, 7) is 0. The van der Waals surface area contributed by atoms with Crippen LogP contribution in [-0.2, 0) is 12.8 Å². The zero-order valence-corrected chi connectivity index (χ0v) is 6.80. The summed E-state index contributed by atoms with van der Waals surface area (Å²) < 4.78 is 0. The molecule has 58 valence electrons. The van der Waals surface area contributed by atoms with Gasteiger partial charge in [-0.3, -0.25) is 0 Å². The van der Waals surface area contributed by atoms with Crippen molar-refractivity contribution in [3.63, 3.8) is 0 Å². The topological polar surface area (TPSA) is 20.2 Å². The predicted octanol–water partition coefficient (Wildman–Crippen LogP) is 1.80. The Morgan fingerprint density at radius 2 is 2.00 bits per heavy atom. The van der Waals surface area contributed by atoms with E-state index >= 15 is 0 Å². The summed E-state index contributed by atoms with van der Waals surface area (Å²) in [6.07, 6.45) is 1.35. The van der Waals surface area contributed by atoms with Crippen molar-refractivity contribution in [3.05, 3.63) is 34.3 Å². The maximum Gasteiger partial charge on any atom is 0.0621 e. The van der Waals surface area contributed by atoms with Crippen molar-refractivity contribution in [1.29, 1.82) is 0 Å². The first-order valence-corrected chi connectivity index (χ1v) is 4.09. The van der Waals surface area contributed by atoms with Crippen LogP contribution >= 0.6 is 11.6 Å². The van der Waals surface area contributed by atoms with Crippen LogP contribution in [0, 0.1) is 0 Å². The lowest BCUT2D eigenvalue weighted by Crippen LogP contribution is -2.03. The van der Waals surface area contributed by atoms with Gasteiger partial charge in [-0.2, -0.15) is 0 Å². The molecule has 1 unspecified atom stereocenters. The van der Waals surface area contributed by atoms with Gasteiger partial charge in [-0.15, -0.1) is 0 Å². The number of benzene rings is 1. The Morgan fingerprint density at radius 1 is 1.27 bits per heavy atom. The van der Waals surface area contributed by atoms with Gasteiger partial charge < -0.3 is 5.11 Å². The average molecular weight is 169 g/mol. The molecule has 11 heavy (non-hydrogen) atoms. The highest BCUT2D eigenvalue weighted by Crippen LogP contribution is 2.24. The van der Waals surface area contributed by atoms with E-state index in [0.717, 1.165) is 17.9 Å². The summed E-state index contributed by atoms with van der Waals surface area (Å²) >= 11 is 5.79. The zero-order valence-electron chi connectivity index (χ0n) is 6.05. The standard InChI is InChI=1S/C9H9ClO/c10-8-2-1-6-4-9(11)5-7(6)3-8/h1-3,9,11H,4-5H2. The third-order valence-corrected chi connectivity index (χ3v) is 2.31. The van der Waals surface area contributed by atoms with E-state index in [1.54, 1.807) is 0 Å². The van der Waals surface area contributed by atoms with Crippen LogP contribution in [-0.4, -0.2) is 11.2 Å². The molecule has 0 fully saturated rings. The molecule has 0 radical (unpaired) electrons. The predicted molar refractivity (Wildman–Crippen MR) is 44.9 cm³/mol. The third-order valence-electron chi connectivity index (χ3n) is 2.08. The van der Waals surface area contributed by atoms with Crippen LogP contribution in [0.25, 0.3) is 0 Å². The van der Waals surface area contributed by atoms with E-state index in [1.807, 2.05) is 18.2 Å². The molecule has 0 aliphatic heterocycles. The van der Waals surface area contributed by atoms with Crippen LogP contribution < -0.4 is 0 Å². The van der Waals surface area contributed by atoms with Gasteiger partial charge >= 0.3 is 0 Å². The smallest absolute Gasteiger partial charge is 0.0621 e. The Kier molecular flexibility index (Phi) is 1.63. The highest BCUT2D eigenvalue weighted by Gasteiger charge is 2.18. The van der Waals surface area contributed by atoms with E-state index in [2.05, 4.69) is 0 Å². The molecule has 1 aromatic rings. The van der Waals surface area contributed by atoms with E-state index in [9.17, 15) is 5.11 Å². The quantitative estimate of drug-likeness (QED) is 0.627. The van der Waals surface area contributed by atoms with Crippen molar-refractivity contribution in [2.75, 3.05) is 0 Å². The van der Waals surface area contributed by atoms with Gasteiger partial charge in [0.25, 0.3) is 0 Å². The fourth-order valence-electron chi connectivity index (χ4n) is 1.56. The Morgan fingerprint density at radius 3 is 2.82 bits per heavy atom. The second kappa shape index (κ2) is 2.50. The lowest BCUT2D eigenvalue weighted by molar-refractivity contribution is 0.187. The first-order valence-electron chi connectivity index (χ1n) is 3.71. The number of aliphatic hydroxyl groups is 1. The van der Waals surface area contributed by atoms with Crippen LogP contribution in [0.4, 0.5) is 0 Å². The number of fused-ring (bicyclic) bond motifs is 1. The van der Waals surface area contributed by atoms with Crippen molar-refractivity contribution in [3.8, 4) is 0 Å². The van der Waals surface area contributed by atoms with Crippen LogP contribution in [0.1, 0.15) is 11.1 Å². The molecule has 0 heterocycles. The van der Waals surface area contributed by atoms with Gasteiger partial charge in [0.2, 0.25) is 0 Å². The molecule has 0 saturated carbocycles. The van der Waals surface area contributed by atoms with Gasteiger partial charge in [0, 0.05) is 5.02 Å². The number of rotatable bonds is 0. The minimum atomic E-state index is -0.191. The maximum atomic E-state index is 9.30. The summed E-state index contributed by atoms with van der Waals surface area (Å²) in [7, 11) is 0. The van der Waals surface area contributed by atoms with Gasteiger partial charge in [0.05, 0.1) is 6.10 Å². The Labute approximate surface area is 70.6 Å². The SMILES string of the molecule is OC1Cc2ccc(Cl)cc2C1.